The summed E-state index contributed by atoms with van der Waals surface area (Å²) in [5, 5.41) is 9.11. The maximum atomic E-state index is 9.11. The second-order valence-electron chi connectivity index (χ2n) is 3.38. The number of nitrogens with two attached hydrogens (primary N) is 1. The zero-order chi connectivity index (χ0) is 10.3. The Morgan fingerprint density at radius 1 is 1.54 bits per heavy atom. The van der Waals surface area contributed by atoms with E-state index in [2.05, 4.69) is 11.8 Å². The number of thiocarbonyl (C=S) groups is 1. The van der Waals surface area contributed by atoms with Crippen molar-refractivity contribution in [3.05, 3.63) is 0 Å². The molecule has 0 amide bonds. The van der Waals surface area contributed by atoms with Crippen molar-refractivity contribution in [3.63, 3.8) is 0 Å². The molecule has 1 unspecified atom stereocenters. The van der Waals surface area contributed by atoms with Gasteiger partial charge in [0.15, 0.2) is 0 Å². The summed E-state index contributed by atoms with van der Waals surface area (Å²) in [6.45, 7) is 6.43. The molecule has 4 heteroatoms. The van der Waals surface area contributed by atoms with E-state index in [1.165, 1.54) is 0 Å². The maximum absolute atomic E-state index is 9.11. The number of aliphatic hydroxyl groups excluding tert-OH is 1. The van der Waals surface area contributed by atoms with E-state index in [1.807, 2.05) is 0 Å². The summed E-state index contributed by atoms with van der Waals surface area (Å²) < 4.78 is 0. The van der Waals surface area contributed by atoms with Crippen LogP contribution in [0.3, 0.4) is 0 Å². The molecule has 0 aromatic heterocycles. The second kappa shape index (κ2) is 7.24. The molecule has 3 N–H and O–H groups in total. The van der Waals surface area contributed by atoms with Gasteiger partial charge in [0.05, 0.1) is 11.1 Å². The minimum Gasteiger partial charge on any atom is -0.393 e. The summed E-state index contributed by atoms with van der Waals surface area (Å²) in [6.07, 6.45) is 1.62. The Morgan fingerprint density at radius 3 is 2.54 bits per heavy atom. The highest BCUT2D eigenvalue weighted by Crippen LogP contribution is 1.97. The Hall–Kier alpha value is -0.190. The van der Waals surface area contributed by atoms with Crippen molar-refractivity contribution in [1.29, 1.82) is 0 Å². The lowest BCUT2D eigenvalue weighted by Crippen LogP contribution is -2.35. The van der Waals surface area contributed by atoms with E-state index < -0.39 is 0 Å². The first kappa shape index (κ1) is 12.8. The largest absolute Gasteiger partial charge is 0.393 e. The quantitative estimate of drug-likeness (QED) is 0.601. The van der Waals surface area contributed by atoms with E-state index >= 15 is 0 Å². The fourth-order valence-electron chi connectivity index (χ4n) is 1.18. The molecule has 0 aliphatic rings. The van der Waals surface area contributed by atoms with Crippen LogP contribution in [0.2, 0.25) is 0 Å². The molecule has 78 valence electrons. The van der Waals surface area contributed by atoms with Gasteiger partial charge in [-0.3, -0.25) is 4.90 Å². The highest BCUT2D eigenvalue weighted by Gasteiger charge is 2.06. The zero-order valence-corrected chi connectivity index (χ0v) is 9.31. The third-order valence-electron chi connectivity index (χ3n) is 1.78. The van der Waals surface area contributed by atoms with E-state index in [0.29, 0.717) is 11.5 Å². The summed E-state index contributed by atoms with van der Waals surface area (Å²) in [5.74, 6) is 0. The third kappa shape index (κ3) is 8.15. The van der Waals surface area contributed by atoms with Gasteiger partial charge in [-0.15, -0.1) is 0 Å². The molecule has 0 fully saturated rings. The molecule has 0 heterocycles. The van der Waals surface area contributed by atoms with Crippen molar-refractivity contribution in [2.24, 2.45) is 5.73 Å². The number of aliphatic hydroxyl groups is 1. The number of hydrogen-bond donors (Lipinski definition) is 2. The van der Waals surface area contributed by atoms with Crippen molar-refractivity contribution >= 4 is 17.2 Å². The number of nitrogens with zero attached hydrogens (tertiary/aromatic N) is 1. The second-order valence-corrected chi connectivity index (χ2v) is 3.90. The molecule has 0 aliphatic carbocycles. The molecule has 0 bridgehead atoms. The first-order valence-corrected chi connectivity index (χ1v) is 5.15. The minimum atomic E-state index is -0.245. The predicted molar refractivity (Wildman–Crippen MR) is 59.8 cm³/mol. The van der Waals surface area contributed by atoms with Crippen molar-refractivity contribution in [2.45, 2.75) is 32.8 Å². The van der Waals surface area contributed by atoms with E-state index in [-0.39, 0.29) is 6.10 Å². The molecule has 3 nitrogen and oxygen atoms in total. The van der Waals surface area contributed by atoms with Gasteiger partial charge in [0.25, 0.3) is 0 Å². The lowest BCUT2D eigenvalue weighted by atomic mass is 10.2. The average Bonchev–Trinajstić information content (AvgIpc) is 1.99. The summed E-state index contributed by atoms with van der Waals surface area (Å²) >= 11 is 4.84. The van der Waals surface area contributed by atoms with Crippen LogP contribution in [-0.4, -0.2) is 40.7 Å². The fraction of sp³-hybridized carbons (Fsp3) is 0.889. The van der Waals surface area contributed by atoms with E-state index in [4.69, 9.17) is 23.1 Å². The lowest BCUT2D eigenvalue weighted by Gasteiger charge is -2.21. The topological polar surface area (TPSA) is 49.5 Å². The number of hydrogen-bond acceptors (Lipinski definition) is 3. The van der Waals surface area contributed by atoms with Gasteiger partial charge in [0.2, 0.25) is 0 Å². The Labute approximate surface area is 85.9 Å². The Morgan fingerprint density at radius 2 is 2.15 bits per heavy atom. The Kier molecular flexibility index (Phi) is 7.13. The van der Waals surface area contributed by atoms with Crippen LogP contribution in [-0.2, 0) is 0 Å². The molecule has 0 saturated carbocycles. The molecular weight excluding hydrogens is 184 g/mol. The minimum absolute atomic E-state index is 0.245. The Balaban J connectivity index is 3.72. The smallest absolute Gasteiger partial charge is 0.0870 e. The van der Waals surface area contributed by atoms with Crippen LogP contribution in [0.5, 0.6) is 0 Å². The van der Waals surface area contributed by atoms with Crippen molar-refractivity contribution in [3.8, 4) is 0 Å². The monoisotopic (exact) mass is 204 g/mol. The summed E-state index contributed by atoms with van der Waals surface area (Å²) in [4.78, 5) is 2.70. The van der Waals surface area contributed by atoms with Crippen molar-refractivity contribution in [2.75, 3.05) is 19.6 Å². The van der Waals surface area contributed by atoms with E-state index in [0.717, 1.165) is 25.9 Å². The van der Waals surface area contributed by atoms with Crippen LogP contribution in [0.1, 0.15) is 26.7 Å². The maximum Gasteiger partial charge on any atom is 0.0870 e. The first-order chi connectivity index (χ1) is 6.06. The fourth-order valence-corrected chi connectivity index (χ4v) is 1.36. The third-order valence-corrected chi connectivity index (χ3v) is 1.91. The molecule has 13 heavy (non-hydrogen) atoms. The van der Waals surface area contributed by atoms with Crippen LogP contribution in [0, 0.1) is 0 Å². The van der Waals surface area contributed by atoms with Gasteiger partial charge < -0.3 is 10.8 Å². The average molecular weight is 204 g/mol. The van der Waals surface area contributed by atoms with E-state index in [9.17, 15) is 0 Å². The highest BCUT2D eigenvalue weighted by atomic mass is 32.1. The van der Waals surface area contributed by atoms with Gasteiger partial charge in [-0.1, -0.05) is 19.1 Å². The van der Waals surface area contributed by atoms with Gasteiger partial charge in [-0.2, -0.15) is 0 Å². The van der Waals surface area contributed by atoms with Crippen LogP contribution < -0.4 is 5.73 Å². The summed E-state index contributed by atoms with van der Waals surface area (Å²) in [7, 11) is 0. The van der Waals surface area contributed by atoms with Crippen molar-refractivity contribution in [1.82, 2.24) is 4.90 Å². The predicted octanol–water partition coefficient (Wildman–Crippen LogP) is 0.755. The molecule has 1 atom stereocenters. The summed E-state index contributed by atoms with van der Waals surface area (Å²) in [6, 6.07) is 0. The molecule has 0 aromatic carbocycles. The molecule has 0 saturated heterocycles. The van der Waals surface area contributed by atoms with E-state index in [1.54, 1.807) is 6.92 Å². The van der Waals surface area contributed by atoms with Gasteiger partial charge >= 0.3 is 0 Å². The molecule has 0 radical (unpaired) electrons. The first-order valence-electron chi connectivity index (χ1n) is 4.75. The Bertz CT molecular complexity index is 151. The lowest BCUT2D eigenvalue weighted by molar-refractivity contribution is 0.161. The van der Waals surface area contributed by atoms with Gasteiger partial charge in [-0.25, -0.2) is 0 Å². The van der Waals surface area contributed by atoms with Crippen LogP contribution in [0.25, 0.3) is 0 Å². The van der Waals surface area contributed by atoms with Gasteiger partial charge in [-0.05, 0) is 26.3 Å². The molecule has 0 aromatic rings. The molecular formula is C9H20N2OS. The normalized spacial score (nSPS) is 13.2. The summed E-state index contributed by atoms with van der Waals surface area (Å²) in [5.41, 5.74) is 5.46. The molecule has 0 aliphatic heterocycles. The van der Waals surface area contributed by atoms with Crippen LogP contribution in [0.15, 0.2) is 0 Å². The van der Waals surface area contributed by atoms with Crippen molar-refractivity contribution < 1.29 is 5.11 Å². The van der Waals surface area contributed by atoms with Crippen LogP contribution >= 0.6 is 12.2 Å². The highest BCUT2D eigenvalue weighted by molar-refractivity contribution is 7.80. The molecule has 0 spiro atoms. The van der Waals surface area contributed by atoms with Gasteiger partial charge in [0.1, 0.15) is 0 Å². The standard InChI is InChI=1S/C9H20N2OS/c1-3-5-11(7-9(10)13)6-4-8(2)12/h8,12H,3-7H2,1-2H3,(H2,10,13). The molecule has 0 rings (SSSR count). The SMILES string of the molecule is CCCN(CCC(C)O)CC(N)=S. The van der Waals surface area contributed by atoms with Gasteiger partial charge in [0, 0.05) is 13.1 Å². The zero-order valence-electron chi connectivity index (χ0n) is 8.49. The number of rotatable bonds is 7. The van der Waals surface area contributed by atoms with Crippen LogP contribution in [0.4, 0.5) is 0 Å².